The molecule has 0 radical (unpaired) electrons. The zero-order chi connectivity index (χ0) is 19.7. The maximum atomic E-state index is 12.5. The SMILES string of the molecule is O=C(Oc1ccc2c(c1)O/C(=C\c1ccc(Cl)cc1)C2=O)c1ccccc1Br. The Morgan fingerprint density at radius 2 is 1.79 bits per heavy atom. The highest BCUT2D eigenvalue weighted by Crippen LogP contribution is 2.35. The van der Waals surface area contributed by atoms with Crippen molar-refractivity contribution in [1.82, 2.24) is 0 Å². The molecule has 0 unspecified atom stereocenters. The summed E-state index contributed by atoms with van der Waals surface area (Å²) in [5.74, 6) is 0.108. The minimum Gasteiger partial charge on any atom is -0.452 e. The summed E-state index contributed by atoms with van der Waals surface area (Å²) in [5.41, 5.74) is 1.62. The maximum absolute atomic E-state index is 12.5. The van der Waals surface area contributed by atoms with Crippen LogP contribution in [-0.4, -0.2) is 11.8 Å². The lowest BCUT2D eigenvalue weighted by Crippen LogP contribution is -2.09. The summed E-state index contributed by atoms with van der Waals surface area (Å²) in [5, 5.41) is 0.612. The molecule has 138 valence electrons. The van der Waals surface area contributed by atoms with Gasteiger partial charge in [-0.15, -0.1) is 0 Å². The molecule has 0 spiro atoms. The van der Waals surface area contributed by atoms with E-state index in [9.17, 15) is 9.59 Å². The maximum Gasteiger partial charge on any atom is 0.344 e. The topological polar surface area (TPSA) is 52.6 Å². The minimum atomic E-state index is -0.506. The van der Waals surface area contributed by atoms with Gasteiger partial charge in [-0.05, 0) is 64.0 Å². The van der Waals surface area contributed by atoms with Crippen LogP contribution in [0, 0.1) is 0 Å². The summed E-state index contributed by atoms with van der Waals surface area (Å²) in [4.78, 5) is 24.9. The second-order valence-corrected chi connectivity index (χ2v) is 7.31. The number of Topliss-reactive ketones (excluding diaryl/α,β-unsaturated/α-hetero) is 1. The van der Waals surface area contributed by atoms with Crippen LogP contribution in [0.25, 0.3) is 6.08 Å². The zero-order valence-corrected chi connectivity index (χ0v) is 16.7. The van der Waals surface area contributed by atoms with E-state index >= 15 is 0 Å². The first-order valence-corrected chi connectivity index (χ1v) is 9.49. The fraction of sp³-hybridized carbons (Fsp3) is 0. The quantitative estimate of drug-likeness (QED) is 0.279. The number of benzene rings is 3. The fourth-order valence-corrected chi connectivity index (χ4v) is 3.30. The van der Waals surface area contributed by atoms with Crippen molar-refractivity contribution in [2.75, 3.05) is 0 Å². The van der Waals surface area contributed by atoms with Crippen molar-refractivity contribution in [1.29, 1.82) is 0 Å². The van der Waals surface area contributed by atoms with Gasteiger partial charge in [0, 0.05) is 15.6 Å². The van der Waals surface area contributed by atoms with Gasteiger partial charge in [-0.3, -0.25) is 4.79 Å². The molecule has 0 amide bonds. The molecule has 0 aliphatic carbocycles. The number of esters is 1. The van der Waals surface area contributed by atoms with Crippen LogP contribution in [0.4, 0.5) is 0 Å². The molecule has 0 bridgehead atoms. The van der Waals surface area contributed by atoms with Crippen LogP contribution in [0.2, 0.25) is 5.02 Å². The van der Waals surface area contributed by atoms with Gasteiger partial charge >= 0.3 is 5.97 Å². The summed E-state index contributed by atoms with van der Waals surface area (Å²) in [6, 6.07) is 18.7. The Morgan fingerprint density at radius 1 is 1.04 bits per heavy atom. The largest absolute Gasteiger partial charge is 0.452 e. The third-order valence-electron chi connectivity index (χ3n) is 4.11. The lowest BCUT2D eigenvalue weighted by atomic mass is 10.1. The number of hydrogen-bond donors (Lipinski definition) is 0. The molecular formula is C22H12BrClO4. The Hall–Kier alpha value is -2.89. The molecule has 0 atom stereocenters. The van der Waals surface area contributed by atoms with Gasteiger partial charge in [0.2, 0.25) is 5.78 Å². The van der Waals surface area contributed by atoms with Crippen molar-refractivity contribution >= 4 is 45.4 Å². The van der Waals surface area contributed by atoms with Gasteiger partial charge in [0.1, 0.15) is 11.5 Å². The van der Waals surface area contributed by atoms with Gasteiger partial charge in [-0.25, -0.2) is 4.79 Å². The minimum absolute atomic E-state index is 0.201. The molecule has 1 aliphatic heterocycles. The van der Waals surface area contributed by atoms with Gasteiger partial charge in [0.25, 0.3) is 0 Å². The Bertz CT molecular complexity index is 1120. The highest BCUT2D eigenvalue weighted by atomic mass is 79.9. The first-order chi connectivity index (χ1) is 13.5. The Labute approximate surface area is 174 Å². The van der Waals surface area contributed by atoms with Gasteiger partial charge < -0.3 is 9.47 Å². The van der Waals surface area contributed by atoms with E-state index in [0.717, 1.165) is 5.56 Å². The van der Waals surface area contributed by atoms with Crippen molar-refractivity contribution in [2.45, 2.75) is 0 Å². The van der Waals surface area contributed by atoms with Gasteiger partial charge in [-0.2, -0.15) is 0 Å². The van der Waals surface area contributed by atoms with Crippen molar-refractivity contribution in [3.63, 3.8) is 0 Å². The molecule has 0 saturated carbocycles. The van der Waals surface area contributed by atoms with Crippen LogP contribution < -0.4 is 9.47 Å². The van der Waals surface area contributed by atoms with E-state index in [-0.39, 0.29) is 11.5 Å². The predicted octanol–water partition coefficient (Wildman–Crippen LogP) is 5.94. The van der Waals surface area contributed by atoms with E-state index in [0.29, 0.717) is 32.1 Å². The summed E-state index contributed by atoms with van der Waals surface area (Å²) in [7, 11) is 0. The highest BCUT2D eigenvalue weighted by molar-refractivity contribution is 9.10. The first kappa shape index (κ1) is 18.5. The molecule has 1 heterocycles. The predicted molar refractivity (Wildman–Crippen MR) is 110 cm³/mol. The monoisotopic (exact) mass is 454 g/mol. The number of fused-ring (bicyclic) bond motifs is 1. The lowest BCUT2D eigenvalue weighted by molar-refractivity contribution is 0.0733. The molecule has 1 aliphatic rings. The number of hydrogen-bond acceptors (Lipinski definition) is 4. The summed E-state index contributed by atoms with van der Waals surface area (Å²) in [6.07, 6.45) is 1.64. The normalized spacial score (nSPS) is 13.9. The first-order valence-electron chi connectivity index (χ1n) is 8.32. The van der Waals surface area contributed by atoms with Crippen molar-refractivity contribution in [3.8, 4) is 11.5 Å². The Morgan fingerprint density at radius 3 is 2.54 bits per heavy atom. The number of rotatable bonds is 3. The van der Waals surface area contributed by atoms with Crippen LogP contribution >= 0.6 is 27.5 Å². The van der Waals surface area contributed by atoms with Gasteiger partial charge in [-0.1, -0.05) is 35.9 Å². The molecule has 0 fully saturated rings. The molecule has 3 aromatic rings. The number of carbonyl (C=O) groups excluding carboxylic acids is 2. The number of ketones is 1. The number of ether oxygens (including phenoxy) is 2. The van der Waals surface area contributed by atoms with Crippen LogP contribution in [0.3, 0.4) is 0 Å². The standard InChI is InChI=1S/C22H12BrClO4/c23-18-4-2-1-3-16(18)22(26)27-15-9-10-17-19(12-15)28-20(21(17)25)11-13-5-7-14(24)8-6-13/h1-12H/b20-11-. The third-order valence-corrected chi connectivity index (χ3v) is 5.06. The number of halogens is 2. The second-order valence-electron chi connectivity index (χ2n) is 6.02. The van der Waals surface area contributed by atoms with Gasteiger partial charge in [0.05, 0.1) is 11.1 Å². The molecule has 4 nitrogen and oxygen atoms in total. The smallest absolute Gasteiger partial charge is 0.344 e. The summed E-state index contributed by atoms with van der Waals surface area (Å²) >= 11 is 9.21. The molecule has 3 aromatic carbocycles. The highest BCUT2D eigenvalue weighted by Gasteiger charge is 2.28. The average Bonchev–Trinajstić information content (AvgIpc) is 2.99. The fourth-order valence-electron chi connectivity index (χ4n) is 2.73. The second kappa shape index (κ2) is 7.62. The lowest BCUT2D eigenvalue weighted by Gasteiger charge is -2.06. The van der Waals surface area contributed by atoms with E-state index < -0.39 is 5.97 Å². The molecule has 0 aromatic heterocycles. The molecule has 0 N–H and O–H groups in total. The number of allylic oxidation sites excluding steroid dienone is 1. The van der Waals surface area contributed by atoms with Crippen LogP contribution in [-0.2, 0) is 0 Å². The Balaban J connectivity index is 1.56. The molecule has 0 saturated heterocycles. The average molecular weight is 456 g/mol. The van der Waals surface area contributed by atoms with Crippen molar-refractivity contribution in [2.24, 2.45) is 0 Å². The van der Waals surface area contributed by atoms with E-state index in [1.54, 1.807) is 60.7 Å². The van der Waals surface area contributed by atoms with Gasteiger partial charge in [0.15, 0.2) is 5.76 Å². The van der Waals surface area contributed by atoms with E-state index in [4.69, 9.17) is 21.1 Å². The number of carbonyl (C=O) groups is 2. The van der Waals surface area contributed by atoms with Crippen LogP contribution in [0.1, 0.15) is 26.3 Å². The summed E-state index contributed by atoms with van der Waals surface area (Å²) in [6.45, 7) is 0. The molecular weight excluding hydrogens is 444 g/mol. The van der Waals surface area contributed by atoms with Crippen molar-refractivity contribution in [3.05, 3.63) is 98.7 Å². The van der Waals surface area contributed by atoms with Crippen molar-refractivity contribution < 1.29 is 19.1 Å². The third kappa shape index (κ3) is 3.72. The molecule has 6 heteroatoms. The molecule has 28 heavy (non-hydrogen) atoms. The van der Waals surface area contributed by atoms with Crippen LogP contribution in [0.5, 0.6) is 11.5 Å². The van der Waals surface area contributed by atoms with E-state index in [1.807, 2.05) is 6.07 Å². The van der Waals surface area contributed by atoms with E-state index in [1.165, 1.54) is 6.07 Å². The Kier molecular flexibility index (Phi) is 5.03. The van der Waals surface area contributed by atoms with Crippen LogP contribution in [0.15, 0.2) is 77.0 Å². The zero-order valence-electron chi connectivity index (χ0n) is 14.3. The molecule has 4 rings (SSSR count). The van der Waals surface area contributed by atoms with E-state index in [2.05, 4.69) is 15.9 Å². The summed E-state index contributed by atoms with van der Waals surface area (Å²) < 4.78 is 11.7.